The molecule has 3 nitrogen and oxygen atoms in total. The van der Waals surface area contributed by atoms with E-state index in [1.165, 1.54) is 0 Å². The zero-order valence-corrected chi connectivity index (χ0v) is 10.1. The molecule has 0 fully saturated rings. The van der Waals surface area contributed by atoms with Crippen molar-refractivity contribution in [3.05, 3.63) is 28.2 Å². The fraction of sp³-hybridized carbons (Fsp3) is 0.455. The summed E-state index contributed by atoms with van der Waals surface area (Å²) in [6.45, 7) is 0.702. The van der Waals surface area contributed by atoms with Crippen LogP contribution in [-0.4, -0.2) is 25.4 Å². The van der Waals surface area contributed by atoms with Gasteiger partial charge in [-0.3, -0.25) is 0 Å². The van der Waals surface area contributed by atoms with Crippen LogP contribution in [0.1, 0.15) is 11.6 Å². The van der Waals surface area contributed by atoms with Crippen molar-refractivity contribution in [3.63, 3.8) is 0 Å². The summed E-state index contributed by atoms with van der Waals surface area (Å²) in [4.78, 5) is 0. The van der Waals surface area contributed by atoms with E-state index in [0.29, 0.717) is 6.61 Å². The van der Waals surface area contributed by atoms with Gasteiger partial charge in [0.2, 0.25) is 0 Å². The van der Waals surface area contributed by atoms with Crippen LogP contribution in [0.4, 0.5) is 0 Å². The summed E-state index contributed by atoms with van der Waals surface area (Å²) in [7, 11) is 1.91. The molecule has 2 N–H and O–H groups in total. The second-order valence-corrected chi connectivity index (χ2v) is 4.62. The normalized spacial score (nSPS) is 24.5. The van der Waals surface area contributed by atoms with Crippen LogP contribution in [0.2, 0.25) is 0 Å². The lowest BCUT2D eigenvalue weighted by Crippen LogP contribution is -2.35. The van der Waals surface area contributed by atoms with Crippen LogP contribution in [0.15, 0.2) is 22.7 Å². The van der Waals surface area contributed by atoms with Crippen LogP contribution >= 0.6 is 15.9 Å². The van der Waals surface area contributed by atoms with Gasteiger partial charge in [-0.1, -0.05) is 15.9 Å². The molecular weight excluding hydrogens is 258 g/mol. The molecule has 0 unspecified atom stereocenters. The average Bonchev–Trinajstić information content (AvgIpc) is 2.27. The number of halogens is 1. The molecule has 82 valence electrons. The van der Waals surface area contributed by atoms with Crippen LogP contribution in [0, 0.1) is 5.92 Å². The summed E-state index contributed by atoms with van der Waals surface area (Å²) in [5.41, 5.74) is 1.11. The molecule has 0 aromatic heterocycles. The number of ether oxygens (including phenoxy) is 1. The van der Waals surface area contributed by atoms with E-state index in [1.807, 2.05) is 25.2 Å². The molecule has 1 aliphatic heterocycles. The van der Waals surface area contributed by atoms with Crippen LogP contribution in [0.5, 0.6) is 5.75 Å². The van der Waals surface area contributed by atoms with Crippen LogP contribution in [-0.2, 0) is 0 Å². The quantitative estimate of drug-likeness (QED) is 0.861. The predicted molar refractivity (Wildman–Crippen MR) is 62.0 cm³/mol. The zero-order valence-electron chi connectivity index (χ0n) is 8.53. The molecule has 1 heterocycles. The molecule has 0 bridgehead atoms. The first kappa shape index (κ1) is 10.9. The summed E-state index contributed by atoms with van der Waals surface area (Å²) in [6, 6.07) is 6.12. The van der Waals surface area contributed by atoms with Crippen molar-refractivity contribution in [2.45, 2.75) is 6.04 Å². The molecule has 0 aliphatic carbocycles. The Morgan fingerprint density at radius 1 is 1.60 bits per heavy atom. The zero-order chi connectivity index (χ0) is 10.8. The van der Waals surface area contributed by atoms with Crippen LogP contribution in [0.25, 0.3) is 0 Å². The Bertz CT molecular complexity index is 356. The molecule has 1 aromatic rings. The molecule has 0 saturated heterocycles. The van der Waals surface area contributed by atoms with Gasteiger partial charge in [0.1, 0.15) is 5.75 Å². The maximum atomic E-state index is 9.26. The lowest BCUT2D eigenvalue weighted by atomic mass is 9.91. The highest BCUT2D eigenvalue weighted by molar-refractivity contribution is 9.10. The lowest BCUT2D eigenvalue weighted by Gasteiger charge is -2.32. The first-order chi connectivity index (χ1) is 7.26. The number of nitrogens with one attached hydrogen (secondary N) is 1. The third-order valence-corrected chi connectivity index (χ3v) is 3.27. The van der Waals surface area contributed by atoms with E-state index >= 15 is 0 Å². The number of rotatable bonds is 2. The van der Waals surface area contributed by atoms with Crippen molar-refractivity contribution in [3.8, 4) is 5.75 Å². The maximum absolute atomic E-state index is 9.26. The van der Waals surface area contributed by atoms with E-state index in [2.05, 4.69) is 21.2 Å². The van der Waals surface area contributed by atoms with Gasteiger partial charge in [-0.25, -0.2) is 0 Å². The Kier molecular flexibility index (Phi) is 3.29. The van der Waals surface area contributed by atoms with Crippen LogP contribution in [0.3, 0.4) is 0 Å². The Morgan fingerprint density at radius 3 is 3.07 bits per heavy atom. The number of hydrogen-bond donors (Lipinski definition) is 2. The van der Waals surface area contributed by atoms with E-state index in [0.717, 1.165) is 15.8 Å². The molecule has 2 rings (SSSR count). The van der Waals surface area contributed by atoms with Crippen molar-refractivity contribution in [1.82, 2.24) is 5.32 Å². The van der Waals surface area contributed by atoms with Gasteiger partial charge in [0.05, 0.1) is 13.2 Å². The summed E-state index contributed by atoms with van der Waals surface area (Å²) in [5.74, 6) is 1.03. The number of aliphatic hydroxyl groups is 1. The van der Waals surface area contributed by atoms with E-state index in [4.69, 9.17) is 4.74 Å². The summed E-state index contributed by atoms with van der Waals surface area (Å²) >= 11 is 3.44. The Morgan fingerprint density at radius 2 is 2.40 bits per heavy atom. The lowest BCUT2D eigenvalue weighted by molar-refractivity contribution is 0.114. The third kappa shape index (κ3) is 2.02. The second-order valence-electron chi connectivity index (χ2n) is 3.70. The van der Waals surface area contributed by atoms with Crippen molar-refractivity contribution < 1.29 is 9.84 Å². The van der Waals surface area contributed by atoms with E-state index in [1.54, 1.807) is 0 Å². The minimum Gasteiger partial charge on any atom is -0.493 e. The molecule has 0 saturated carbocycles. The molecular formula is C11H14BrNO2. The number of benzene rings is 1. The Labute approximate surface area is 97.6 Å². The van der Waals surface area contributed by atoms with Crippen LogP contribution < -0.4 is 10.1 Å². The van der Waals surface area contributed by atoms with Crippen molar-refractivity contribution in [2.75, 3.05) is 20.3 Å². The molecule has 1 aromatic carbocycles. The third-order valence-electron chi connectivity index (χ3n) is 2.78. The highest BCUT2D eigenvalue weighted by atomic mass is 79.9. The monoisotopic (exact) mass is 271 g/mol. The highest BCUT2D eigenvalue weighted by Crippen LogP contribution is 2.36. The molecule has 2 atom stereocenters. The largest absolute Gasteiger partial charge is 0.493 e. The molecule has 1 aliphatic rings. The van der Waals surface area contributed by atoms with E-state index < -0.39 is 0 Å². The summed E-state index contributed by atoms with van der Waals surface area (Å²) in [5, 5.41) is 12.5. The molecule has 0 amide bonds. The summed E-state index contributed by atoms with van der Waals surface area (Å²) < 4.78 is 6.62. The first-order valence-corrected chi connectivity index (χ1v) is 5.76. The predicted octanol–water partition coefficient (Wildman–Crippen LogP) is 1.71. The Hall–Kier alpha value is -0.580. The van der Waals surface area contributed by atoms with Crippen molar-refractivity contribution in [2.24, 2.45) is 5.92 Å². The number of fused-ring (bicyclic) bond motifs is 1. The summed E-state index contributed by atoms with van der Waals surface area (Å²) in [6.07, 6.45) is 0. The number of aliphatic hydroxyl groups excluding tert-OH is 1. The minimum atomic E-state index is 0.122. The fourth-order valence-electron chi connectivity index (χ4n) is 1.99. The van der Waals surface area contributed by atoms with Gasteiger partial charge < -0.3 is 15.2 Å². The van der Waals surface area contributed by atoms with Gasteiger partial charge in [-0.05, 0) is 25.2 Å². The smallest absolute Gasteiger partial charge is 0.124 e. The Balaban J connectivity index is 2.39. The molecule has 4 heteroatoms. The fourth-order valence-corrected chi connectivity index (χ4v) is 2.37. The molecule has 0 radical (unpaired) electrons. The standard InChI is InChI=1S/C11H14BrNO2/c1-13-11-7(5-14)6-15-10-3-2-8(12)4-9(10)11/h2-4,7,11,13-14H,5-6H2,1H3/t7-,11-/m1/s1. The number of hydrogen-bond acceptors (Lipinski definition) is 3. The van der Waals surface area contributed by atoms with E-state index in [-0.39, 0.29) is 18.6 Å². The second kappa shape index (κ2) is 4.51. The first-order valence-electron chi connectivity index (χ1n) is 4.96. The van der Waals surface area contributed by atoms with Gasteiger partial charge in [0, 0.05) is 22.0 Å². The minimum absolute atomic E-state index is 0.122. The average molecular weight is 272 g/mol. The van der Waals surface area contributed by atoms with E-state index in [9.17, 15) is 5.11 Å². The SMILES string of the molecule is CN[C@H]1c2cc(Br)ccc2OC[C@H]1CO. The van der Waals surface area contributed by atoms with Crippen molar-refractivity contribution in [1.29, 1.82) is 0 Å². The van der Waals surface area contributed by atoms with Gasteiger partial charge >= 0.3 is 0 Å². The van der Waals surface area contributed by atoms with Gasteiger partial charge in [-0.2, -0.15) is 0 Å². The topological polar surface area (TPSA) is 41.5 Å². The molecule has 0 spiro atoms. The van der Waals surface area contributed by atoms with Gasteiger partial charge in [0.25, 0.3) is 0 Å². The van der Waals surface area contributed by atoms with Gasteiger partial charge in [0.15, 0.2) is 0 Å². The van der Waals surface area contributed by atoms with Crippen molar-refractivity contribution >= 4 is 15.9 Å². The molecule has 15 heavy (non-hydrogen) atoms. The maximum Gasteiger partial charge on any atom is 0.124 e. The highest BCUT2D eigenvalue weighted by Gasteiger charge is 2.29. The van der Waals surface area contributed by atoms with Gasteiger partial charge in [-0.15, -0.1) is 0 Å².